The summed E-state index contributed by atoms with van der Waals surface area (Å²) in [6.45, 7) is 3.04. The fraction of sp³-hybridized carbons (Fsp3) is 0.750. The number of carbonyl (C=O) groups is 3. The summed E-state index contributed by atoms with van der Waals surface area (Å²) in [7, 11) is 0. The summed E-state index contributed by atoms with van der Waals surface area (Å²) in [6, 6.07) is 0. The van der Waals surface area contributed by atoms with Crippen molar-refractivity contribution in [2.24, 2.45) is 0 Å². The maximum atomic E-state index is 11.1. The molecular weight excluding hydrogens is 288 g/mol. The summed E-state index contributed by atoms with van der Waals surface area (Å²) in [5.41, 5.74) is 0. The third kappa shape index (κ3) is 4.96. The van der Waals surface area contributed by atoms with Gasteiger partial charge in [0.25, 0.3) is 0 Å². The van der Waals surface area contributed by atoms with E-state index in [4.69, 9.17) is 18.9 Å². The van der Waals surface area contributed by atoms with E-state index < -0.39 is 48.6 Å². The number of aliphatic hydroxyl groups excluding tert-OH is 2. The molecule has 0 bridgehead atoms. The van der Waals surface area contributed by atoms with Gasteiger partial charge in [0.2, 0.25) is 0 Å². The highest BCUT2D eigenvalue weighted by atomic mass is 16.7. The molecule has 9 heteroatoms. The van der Waals surface area contributed by atoms with Crippen LogP contribution in [0.5, 0.6) is 0 Å². The van der Waals surface area contributed by atoms with Crippen molar-refractivity contribution in [1.29, 1.82) is 0 Å². The Morgan fingerprint density at radius 1 is 0.952 bits per heavy atom. The molecule has 0 aromatic heterocycles. The van der Waals surface area contributed by atoms with Gasteiger partial charge in [0.15, 0.2) is 18.5 Å². The maximum absolute atomic E-state index is 11.1. The first-order valence-corrected chi connectivity index (χ1v) is 6.21. The number of hydrogen-bond acceptors (Lipinski definition) is 9. The summed E-state index contributed by atoms with van der Waals surface area (Å²) in [4.78, 5) is 33.1. The number of carbonyl (C=O) groups excluding carboxylic acids is 3. The van der Waals surface area contributed by atoms with Gasteiger partial charge in [0.1, 0.15) is 18.8 Å². The van der Waals surface area contributed by atoms with Gasteiger partial charge < -0.3 is 29.2 Å². The fourth-order valence-corrected chi connectivity index (χ4v) is 1.90. The van der Waals surface area contributed by atoms with Crippen LogP contribution in [-0.4, -0.2) is 65.4 Å². The predicted octanol–water partition coefficient (Wildman–Crippen LogP) is -1.51. The molecular formula is C12H18O9. The van der Waals surface area contributed by atoms with Gasteiger partial charge in [-0.1, -0.05) is 0 Å². The Hall–Kier alpha value is -1.71. The van der Waals surface area contributed by atoms with E-state index in [2.05, 4.69) is 0 Å². The number of ether oxygens (including phenoxy) is 4. The minimum atomic E-state index is -1.68. The molecule has 1 fully saturated rings. The van der Waals surface area contributed by atoms with Gasteiger partial charge in [0.05, 0.1) is 0 Å². The van der Waals surface area contributed by atoms with Crippen molar-refractivity contribution in [3.8, 4) is 0 Å². The largest absolute Gasteiger partial charge is 0.463 e. The minimum Gasteiger partial charge on any atom is -0.463 e. The highest BCUT2D eigenvalue weighted by Crippen LogP contribution is 2.25. The van der Waals surface area contributed by atoms with Gasteiger partial charge in [-0.15, -0.1) is 0 Å². The second-order valence-electron chi connectivity index (χ2n) is 4.51. The van der Waals surface area contributed by atoms with Gasteiger partial charge in [-0.25, -0.2) is 0 Å². The Morgan fingerprint density at radius 2 is 1.48 bits per heavy atom. The zero-order valence-electron chi connectivity index (χ0n) is 11.8. The summed E-state index contributed by atoms with van der Waals surface area (Å²) in [5, 5.41) is 19.4. The van der Waals surface area contributed by atoms with E-state index in [0.29, 0.717) is 0 Å². The normalized spacial score (nSPS) is 32.1. The van der Waals surface area contributed by atoms with Gasteiger partial charge in [-0.2, -0.15) is 0 Å². The summed E-state index contributed by atoms with van der Waals surface area (Å²) in [6.07, 6.45) is -6.92. The first-order chi connectivity index (χ1) is 9.72. The average Bonchev–Trinajstić information content (AvgIpc) is 2.35. The molecule has 1 saturated heterocycles. The fourth-order valence-electron chi connectivity index (χ4n) is 1.90. The number of esters is 3. The van der Waals surface area contributed by atoms with Crippen LogP contribution in [0.25, 0.3) is 0 Å². The van der Waals surface area contributed by atoms with E-state index in [-0.39, 0.29) is 6.61 Å². The Morgan fingerprint density at radius 3 is 1.95 bits per heavy atom. The molecule has 0 amide bonds. The molecule has 1 aliphatic rings. The average molecular weight is 306 g/mol. The first-order valence-electron chi connectivity index (χ1n) is 6.21. The molecule has 1 aliphatic heterocycles. The molecule has 1 rings (SSSR count). The highest BCUT2D eigenvalue weighted by molar-refractivity contribution is 5.67. The third-order valence-electron chi connectivity index (χ3n) is 2.69. The van der Waals surface area contributed by atoms with E-state index >= 15 is 0 Å². The monoisotopic (exact) mass is 306 g/mol. The predicted molar refractivity (Wildman–Crippen MR) is 64.6 cm³/mol. The van der Waals surface area contributed by atoms with Crippen molar-refractivity contribution in [3.05, 3.63) is 0 Å². The molecule has 0 radical (unpaired) electrons. The second kappa shape index (κ2) is 7.34. The van der Waals surface area contributed by atoms with Crippen LogP contribution in [0.1, 0.15) is 20.8 Å². The van der Waals surface area contributed by atoms with Crippen molar-refractivity contribution in [3.63, 3.8) is 0 Å². The third-order valence-corrected chi connectivity index (χ3v) is 2.69. The Kier molecular flexibility index (Phi) is 6.06. The Balaban J connectivity index is 2.94. The van der Waals surface area contributed by atoms with Gasteiger partial charge in [-0.3, -0.25) is 14.4 Å². The van der Waals surface area contributed by atoms with E-state index in [1.165, 1.54) is 6.92 Å². The van der Waals surface area contributed by atoms with E-state index in [1.807, 2.05) is 0 Å². The topological polar surface area (TPSA) is 129 Å². The standard InChI is InChI=1S/C12H18O9/c1-5(13)18-4-8-10(19-6(2)14)11(20-7(3)15)9(16)12(17)21-8/h8-12,16-17H,4H2,1-3H3/t8-,9+,10-,11-,12+/m0/s1. The summed E-state index contributed by atoms with van der Waals surface area (Å²) in [5.74, 6) is -2.06. The van der Waals surface area contributed by atoms with Crippen LogP contribution in [0.4, 0.5) is 0 Å². The smallest absolute Gasteiger partial charge is 0.303 e. The van der Waals surface area contributed by atoms with Crippen LogP contribution < -0.4 is 0 Å². The number of aliphatic hydroxyl groups is 2. The molecule has 21 heavy (non-hydrogen) atoms. The molecule has 0 saturated carbocycles. The van der Waals surface area contributed by atoms with Crippen molar-refractivity contribution >= 4 is 17.9 Å². The molecule has 5 atom stereocenters. The first kappa shape index (κ1) is 17.3. The molecule has 0 aliphatic carbocycles. The summed E-state index contributed by atoms with van der Waals surface area (Å²) >= 11 is 0. The van der Waals surface area contributed by atoms with Crippen molar-refractivity contribution in [2.75, 3.05) is 6.61 Å². The second-order valence-corrected chi connectivity index (χ2v) is 4.51. The van der Waals surface area contributed by atoms with Gasteiger partial charge in [0, 0.05) is 20.8 Å². The van der Waals surface area contributed by atoms with Crippen LogP contribution in [0.15, 0.2) is 0 Å². The lowest BCUT2D eigenvalue weighted by atomic mass is 9.98. The minimum absolute atomic E-state index is 0.338. The van der Waals surface area contributed by atoms with Crippen LogP contribution in [-0.2, 0) is 33.3 Å². The van der Waals surface area contributed by atoms with Crippen LogP contribution in [0.2, 0.25) is 0 Å². The van der Waals surface area contributed by atoms with E-state index in [9.17, 15) is 24.6 Å². The Bertz CT molecular complexity index is 408. The molecule has 0 spiro atoms. The number of rotatable bonds is 4. The lowest BCUT2D eigenvalue weighted by Gasteiger charge is -2.41. The van der Waals surface area contributed by atoms with Crippen molar-refractivity contribution < 1.29 is 43.5 Å². The molecule has 1 heterocycles. The van der Waals surface area contributed by atoms with E-state index in [1.54, 1.807) is 0 Å². The van der Waals surface area contributed by atoms with E-state index in [0.717, 1.165) is 13.8 Å². The zero-order chi connectivity index (χ0) is 16.2. The molecule has 120 valence electrons. The molecule has 9 nitrogen and oxygen atoms in total. The number of hydrogen-bond donors (Lipinski definition) is 2. The van der Waals surface area contributed by atoms with Crippen molar-refractivity contribution in [1.82, 2.24) is 0 Å². The van der Waals surface area contributed by atoms with Gasteiger partial charge in [-0.05, 0) is 0 Å². The van der Waals surface area contributed by atoms with Crippen LogP contribution in [0.3, 0.4) is 0 Å². The van der Waals surface area contributed by atoms with Crippen molar-refractivity contribution in [2.45, 2.75) is 51.5 Å². The molecule has 0 aromatic rings. The Labute approximate surface area is 120 Å². The lowest BCUT2D eigenvalue weighted by molar-refractivity contribution is -0.293. The highest BCUT2D eigenvalue weighted by Gasteiger charge is 2.49. The molecule has 0 aromatic carbocycles. The summed E-state index contributed by atoms with van der Waals surface area (Å²) < 4.78 is 19.6. The maximum Gasteiger partial charge on any atom is 0.303 e. The zero-order valence-corrected chi connectivity index (χ0v) is 11.8. The van der Waals surface area contributed by atoms with Gasteiger partial charge >= 0.3 is 17.9 Å². The molecule has 2 N–H and O–H groups in total. The quantitative estimate of drug-likeness (QED) is 0.470. The lowest BCUT2D eigenvalue weighted by Crippen LogP contribution is -2.61. The molecule has 0 unspecified atom stereocenters. The van der Waals surface area contributed by atoms with Crippen LogP contribution >= 0.6 is 0 Å². The van der Waals surface area contributed by atoms with Crippen LogP contribution in [0, 0.1) is 0 Å². The SMILES string of the molecule is CC(=O)OC[C@@H]1O[C@@H](O)[C@H](O)[C@H](OC(C)=O)[C@H]1OC(C)=O.